The van der Waals surface area contributed by atoms with Crippen molar-refractivity contribution < 1.29 is 0 Å². The zero-order valence-electron chi connectivity index (χ0n) is 28.3. The average Bonchev–Trinajstić information content (AvgIpc) is 3.91. The molecule has 3 heteroatoms. The summed E-state index contributed by atoms with van der Waals surface area (Å²) in [5.74, 6) is 0.276. The molecule has 0 N–H and O–H groups in total. The molecule has 240 valence electrons. The van der Waals surface area contributed by atoms with Gasteiger partial charge in [0.05, 0.1) is 33.1 Å². The number of para-hydroxylation sites is 3. The molecular weight excluding hydrogens is 619 g/mol. The van der Waals surface area contributed by atoms with Gasteiger partial charge in [-0.2, -0.15) is 0 Å². The Morgan fingerprint density at radius 1 is 0.490 bits per heavy atom. The number of hydrogen-bond donors (Lipinski definition) is 0. The molecule has 7 aromatic carbocycles. The zero-order valence-corrected chi connectivity index (χ0v) is 28.3. The number of benzene rings is 7. The summed E-state index contributed by atoms with van der Waals surface area (Å²) in [5.41, 5.74) is 14.4. The number of aryl methyl sites for hydroxylation is 1. The van der Waals surface area contributed by atoms with Crippen molar-refractivity contribution in [2.75, 3.05) is 0 Å². The molecule has 0 fully saturated rings. The molecule has 10 aromatic rings. The standard InChI is InChI=1S/C48H33N3/c1-2-29-19-25-37-34-13-5-8-16-41(34)49(44(37)27-29)31-21-23-32(24-22-31)50-42-17-9-6-14-35(42)39-28-40-36-15-7-10-18-43(36)51-46-33-12-4-3-11-30(33)20-26-38(46)45(47(39)50)48(40)51/h3-25,27-28,38H,2,26H2,1H3. The number of fused-ring (bicyclic) bond motifs is 14. The minimum atomic E-state index is 0.276. The van der Waals surface area contributed by atoms with Crippen molar-refractivity contribution in [3.63, 3.8) is 0 Å². The molecule has 0 saturated carbocycles. The quantitative estimate of drug-likeness (QED) is 0.181. The van der Waals surface area contributed by atoms with Gasteiger partial charge in [-0.05, 0) is 78.2 Å². The van der Waals surface area contributed by atoms with Crippen molar-refractivity contribution in [2.45, 2.75) is 25.7 Å². The lowest BCUT2D eigenvalue weighted by molar-refractivity contribution is 0.888. The van der Waals surface area contributed by atoms with E-state index >= 15 is 0 Å². The predicted octanol–water partition coefficient (Wildman–Crippen LogP) is 10.5. The summed E-state index contributed by atoms with van der Waals surface area (Å²) in [4.78, 5) is 0. The summed E-state index contributed by atoms with van der Waals surface area (Å²) in [6.07, 6.45) is 4.47. The number of aromatic nitrogens is 3. The number of nitrogens with zero attached hydrogens (tertiary/aromatic N) is 3. The van der Waals surface area contributed by atoms with Gasteiger partial charge in [0.2, 0.25) is 0 Å². The molecule has 0 amide bonds. The smallest absolute Gasteiger partial charge is 0.0601 e. The molecule has 1 aliphatic carbocycles. The van der Waals surface area contributed by atoms with E-state index < -0.39 is 0 Å². The van der Waals surface area contributed by atoms with Gasteiger partial charge in [-0.1, -0.05) is 104 Å². The van der Waals surface area contributed by atoms with E-state index in [1.165, 1.54) is 104 Å². The first-order valence-corrected chi connectivity index (χ1v) is 18.2. The lowest BCUT2D eigenvalue weighted by Crippen LogP contribution is -2.32. The highest BCUT2D eigenvalue weighted by Crippen LogP contribution is 2.52. The Hall–Kier alpha value is -6.32. The molecule has 1 atom stereocenters. The molecule has 0 spiro atoms. The SMILES string of the molecule is CCc1ccc2c3ccccc3n(-c3ccc(-n4c5ccccc5c5cc6c7ccccc7n7c6c(c54)C4CC=c5ccccc5=C47)cc3)c2c1. The third-order valence-electron chi connectivity index (χ3n) is 11.9. The van der Waals surface area contributed by atoms with E-state index in [0.717, 1.165) is 12.8 Å². The Morgan fingerprint density at radius 3 is 1.75 bits per heavy atom. The van der Waals surface area contributed by atoms with Crippen LogP contribution in [-0.2, 0) is 6.42 Å². The van der Waals surface area contributed by atoms with Crippen LogP contribution in [0.15, 0.2) is 146 Å². The van der Waals surface area contributed by atoms with E-state index in [9.17, 15) is 0 Å². The molecule has 1 aliphatic heterocycles. The van der Waals surface area contributed by atoms with E-state index in [4.69, 9.17) is 0 Å². The summed E-state index contributed by atoms with van der Waals surface area (Å²) < 4.78 is 7.60. The fraction of sp³-hybridized carbons (Fsp3) is 0.0833. The highest BCUT2D eigenvalue weighted by atomic mass is 15.1. The number of rotatable bonds is 3. The Bertz CT molecular complexity index is 3260. The van der Waals surface area contributed by atoms with Gasteiger partial charge in [0.25, 0.3) is 0 Å². The Morgan fingerprint density at radius 2 is 1.04 bits per heavy atom. The van der Waals surface area contributed by atoms with Crippen LogP contribution in [0, 0.1) is 0 Å². The molecule has 0 bridgehead atoms. The number of hydrogen-bond acceptors (Lipinski definition) is 0. The van der Waals surface area contributed by atoms with Crippen molar-refractivity contribution in [3.05, 3.63) is 167 Å². The van der Waals surface area contributed by atoms with Crippen LogP contribution in [0.3, 0.4) is 0 Å². The maximum Gasteiger partial charge on any atom is 0.0601 e. The second-order valence-corrected chi connectivity index (χ2v) is 14.3. The van der Waals surface area contributed by atoms with Gasteiger partial charge < -0.3 is 13.7 Å². The molecule has 3 nitrogen and oxygen atoms in total. The van der Waals surface area contributed by atoms with Gasteiger partial charge in [0, 0.05) is 66.1 Å². The Labute approximate surface area is 294 Å². The van der Waals surface area contributed by atoms with Gasteiger partial charge in [-0.3, -0.25) is 0 Å². The fourth-order valence-electron chi connectivity index (χ4n) is 9.71. The Kier molecular flexibility index (Phi) is 5.33. The molecule has 4 heterocycles. The molecule has 2 aliphatic rings. The van der Waals surface area contributed by atoms with Crippen molar-refractivity contribution in [2.24, 2.45) is 0 Å². The van der Waals surface area contributed by atoms with Crippen LogP contribution < -0.4 is 10.4 Å². The van der Waals surface area contributed by atoms with Crippen molar-refractivity contribution >= 4 is 77.2 Å². The van der Waals surface area contributed by atoms with Crippen LogP contribution >= 0.6 is 0 Å². The van der Waals surface area contributed by atoms with Gasteiger partial charge >= 0.3 is 0 Å². The summed E-state index contributed by atoms with van der Waals surface area (Å²) in [5, 5.41) is 10.6. The van der Waals surface area contributed by atoms with Crippen LogP contribution in [0.5, 0.6) is 0 Å². The second-order valence-electron chi connectivity index (χ2n) is 14.3. The maximum absolute atomic E-state index is 2.61. The van der Waals surface area contributed by atoms with Gasteiger partial charge in [-0.15, -0.1) is 0 Å². The van der Waals surface area contributed by atoms with E-state index in [1.807, 2.05) is 0 Å². The van der Waals surface area contributed by atoms with E-state index in [0.29, 0.717) is 0 Å². The largest absolute Gasteiger partial charge is 0.311 e. The monoisotopic (exact) mass is 651 g/mol. The molecule has 12 rings (SSSR count). The lowest BCUT2D eigenvalue weighted by Gasteiger charge is -2.20. The topological polar surface area (TPSA) is 14.8 Å². The molecule has 3 aromatic heterocycles. The average molecular weight is 652 g/mol. The molecule has 0 radical (unpaired) electrons. The lowest BCUT2D eigenvalue weighted by atomic mass is 9.87. The maximum atomic E-state index is 2.61. The van der Waals surface area contributed by atoms with Gasteiger partial charge in [0.1, 0.15) is 0 Å². The first kappa shape index (κ1) is 27.5. The predicted molar refractivity (Wildman–Crippen MR) is 214 cm³/mol. The first-order chi connectivity index (χ1) is 25.3. The van der Waals surface area contributed by atoms with Gasteiger partial charge in [0.15, 0.2) is 0 Å². The summed E-state index contributed by atoms with van der Waals surface area (Å²) in [6.45, 7) is 2.23. The van der Waals surface area contributed by atoms with Crippen molar-refractivity contribution in [1.29, 1.82) is 0 Å². The van der Waals surface area contributed by atoms with Crippen LogP contribution in [-0.4, -0.2) is 13.7 Å². The third-order valence-corrected chi connectivity index (χ3v) is 11.9. The van der Waals surface area contributed by atoms with E-state index in [2.05, 4.69) is 172 Å². The normalized spacial score (nSPS) is 15.1. The Balaban J connectivity index is 1.17. The highest BCUT2D eigenvalue weighted by Gasteiger charge is 2.36. The van der Waals surface area contributed by atoms with Crippen LogP contribution in [0.2, 0.25) is 0 Å². The minimum absolute atomic E-state index is 0.276. The fourth-order valence-corrected chi connectivity index (χ4v) is 9.71. The van der Waals surface area contributed by atoms with Crippen LogP contribution in [0.25, 0.3) is 88.6 Å². The molecule has 51 heavy (non-hydrogen) atoms. The van der Waals surface area contributed by atoms with E-state index in [1.54, 1.807) is 0 Å². The minimum Gasteiger partial charge on any atom is -0.311 e. The van der Waals surface area contributed by atoms with Crippen LogP contribution in [0.1, 0.15) is 30.4 Å². The zero-order chi connectivity index (χ0) is 33.4. The second kappa shape index (κ2) is 9.89. The van der Waals surface area contributed by atoms with Crippen molar-refractivity contribution in [1.82, 2.24) is 13.7 Å². The summed E-state index contributed by atoms with van der Waals surface area (Å²) in [7, 11) is 0. The third kappa shape index (κ3) is 3.48. The van der Waals surface area contributed by atoms with E-state index in [-0.39, 0.29) is 5.92 Å². The molecule has 1 unspecified atom stereocenters. The molecule has 0 saturated heterocycles. The van der Waals surface area contributed by atoms with Crippen molar-refractivity contribution in [3.8, 4) is 11.4 Å². The highest BCUT2D eigenvalue weighted by molar-refractivity contribution is 6.23. The molecular formula is C48H33N3. The van der Waals surface area contributed by atoms with Gasteiger partial charge in [-0.25, -0.2) is 0 Å². The first-order valence-electron chi connectivity index (χ1n) is 18.2. The summed E-state index contributed by atoms with van der Waals surface area (Å²) in [6, 6.07) is 54.5. The summed E-state index contributed by atoms with van der Waals surface area (Å²) >= 11 is 0. The van der Waals surface area contributed by atoms with Crippen LogP contribution in [0.4, 0.5) is 0 Å².